The number of nitriles is 1. The lowest BCUT2D eigenvalue weighted by molar-refractivity contribution is 0.289. The largest absolute Gasteiger partial charge is 0.383 e. The van der Waals surface area contributed by atoms with E-state index < -0.39 is 0 Å². The molecule has 1 fully saturated rings. The van der Waals surface area contributed by atoms with Gasteiger partial charge in [-0.3, -0.25) is 4.90 Å². The topological polar surface area (TPSA) is 39.1 Å². The third kappa shape index (κ3) is 3.38. The van der Waals surface area contributed by atoms with Crippen molar-refractivity contribution in [3.8, 4) is 6.07 Å². The Labute approximate surface area is 113 Å². The Morgan fingerprint density at radius 2 is 2.28 bits per heavy atom. The maximum Gasteiger partial charge on any atom is 0.101 e. The van der Waals surface area contributed by atoms with E-state index in [-0.39, 0.29) is 0 Å². The first kappa shape index (κ1) is 13.2. The van der Waals surface area contributed by atoms with Crippen LogP contribution in [0.15, 0.2) is 18.2 Å². The average Bonchev–Trinajstić information content (AvgIpc) is 3.20. The van der Waals surface area contributed by atoms with Crippen molar-refractivity contribution >= 4 is 17.3 Å². The standard InChI is InChI=1S/C14H18ClN3/c1-2-18(13-4-5-13)8-7-17-14-6-3-12(15)9-11(14)10-16/h3,6,9,13,17H,2,4-5,7-8H2,1H3. The molecule has 1 saturated carbocycles. The van der Waals surface area contributed by atoms with Crippen LogP contribution in [0.1, 0.15) is 25.3 Å². The lowest BCUT2D eigenvalue weighted by atomic mass is 10.2. The van der Waals surface area contributed by atoms with Gasteiger partial charge in [0.1, 0.15) is 6.07 Å². The molecule has 1 aliphatic carbocycles. The molecular formula is C14H18ClN3. The number of nitrogens with one attached hydrogen (secondary N) is 1. The number of likely N-dealkylation sites (N-methyl/N-ethyl adjacent to an activating group) is 1. The maximum absolute atomic E-state index is 9.04. The molecule has 1 aromatic carbocycles. The van der Waals surface area contributed by atoms with Gasteiger partial charge in [0.25, 0.3) is 0 Å². The monoisotopic (exact) mass is 263 g/mol. The van der Waals surface area contributed by atoms with Crippen LogP contribution in [0.2, 0.25) is 5.02 Å². The fourth-order valence-corrected chi connectivity index (χ4v) is 2.31. The summed E-state index contributed by atoms with van der Waals surface area (Å²) in [5.74, 6) is 0. The van der Waals surface area contributed by atoms with E-state index in [0.29, 0.717) is 10.6 Å². The van der Waals surface area contributed by atoms with Crippen LogP contribution >= 0.6 is 11.6 Å². The van der Waals surface area contributed by atoms with Gasteiger partial charge in [-0.2, -0.15) is 5.26 Å². The van der Waals surface area contributed by atoms with Crippen molar-refractivity contribution in [2.24, 2.45) is 0 Å². The van der Waals surface area contributed by atoms with Gasteiger partial charge < -0.3 is 5.32 Å². The van der Waals surface area contributed by atoms with Crippen LogP contribution in [0.4, 0.5) is 5.69 Å². The number of benzene rings is 1. The van der Waals surface area contributed by atoms with Crippen molar-refractivity contribution in [1.82, 2.24) is 4.90 Å². The molecule has 3 nitrogen and oxygen atoms in total. The van der Waals surface area contributed by atoms with Crippen molar-refractivity contribution < 1.29 is 0 Å². The number of hydrogen-bond acceptors (Lipinski definition) is 3. The van der Waals surface area contributed by atoms with Crippen molar-refractivity contribution in [1.29, 1.82) is 5.26 Å². The quantitative estimate of drug-likeness (QED) is 0.857. The fourth-order valence-electron chi connectivity index (χ4n) is 2.14. The van der Waals surface area contributed by atoms with E-state index in [2.05, 4.69) is 23.2 Å². The fraction of sp³-hybridized carbons (Fsp3) is 0.500. The SMILES string of the molecule is CCN(CCNc1ccc(Cl)cc1C#N)C1CC1. The highest BCUT2D eigenvalue weighted by molar-refractivity contribution is 6.30. The number of nitrogens with zero attached hydrogens (tertiary/aromatic N) is 2. The van der Waals surface area contributed by atoms with Crippen LogP contribution in [0.5, 0.6) is 0 Å². The molecule has 0 aliphatic heterocycles. The van der Waals surface area contributed by atoms with E-state index >= 15 is 0 Å². The first-order chi connectivity index (χ1) is 8.74. The maximum atomic E-state index is 9.04. The predicted octanol–water partition coefficient (Wildman–Crippen LogP) is 3.11. The Balaban J connectivity index is 1.88. The lowest BCUT2D eigenvalue weighted by Gasteiger charge is -2.20. The van der Waals surface area contributed by atoms with Crippen LogP contribution in [0, 0.1) is 11.3 Å². The van der Waals surface area contributed by atoms with Gasteiger partial charge >= 0.3 is 0 Å². The summed E-state index contributed by atoms with van der Waals surface area (Å²) in [6.45, 7) is 5.18. The van der Waals surface area contributed by atoms with Crippen LogP contribution in [-0.4, -0.2) is 30.6 Å². The van der Waals surface area contributed by atoms with Gasteiger partial charge in [-0.05, 0) is 37.6 Å². The molecule has 0 heterocycles. The molecular weight excluding hydrogens is 246 g/mol. The predicted molar refractivity (Wildman–Crippen MR) is 74.9 cm³/mol. The second kappa shape index (κ2) is 6.08. The van der Waals surface area contributed by atoms with Gasteiger partial charge in [-0.1, -0.05) is 18.5 Å². The van der Waals surface area contributed by atoms with Crippen LogP contribution in [-0.2, 0) is 0 Å². The molecule has 0 saturated heterocycles. The van der Waals surface area contributed by atoms with E-state index in [1.807, 2.05) is 12.1 Å². The summed E-state index contributed by atoms with van der Waals surface area (Å²) in [5.41, 5.74) is 1.48. The van der Waals surface area contributed by atoms with E-state index in [9.17, 15) is 0 Å². The molecule has 0 unspecified atom stereocenters. The minimum atomic E-state index is 0.602. The average molecular weight is 264 g/mol. The smallest absolute Gasteiger partial charge is 0.101 e. The number of halogens is 1. The Kier molecular flexibility index (Phi) is 4.46. The molecule has 1 N–H and O–H groups in total. The molecule has 1 aromatic rings. The van der Waals surface area contributed by atoms with E-state index in [1.54, 1.807) is 6.07 Å². The van der Waals surface area contributed by atoms with Gasteiger partial charge in [-0.25, -0.2) is 0 Å². The Bertz CT molecular complexity index is 449. The van der Waals surface area contributed by atoms with Gasteiger partial charge in [0.2, 0.25) is 0 Å². The first-order valence-electron chi connectivity index (χ1n) is 6.42. The summed E-state index contributed by atoms with van der Waals surface area (Å²) < 4.78 is 0. The van der Waals surface area contributed by atoms with Crippen molar-refractivity contribution in [2.45, 2.75) is 25.8 Å². The van der Waals surface area contributed by atoms with E-state index in [4.69, 9.17) is 16.9 Å². The number of anilines is 1. The molecule has 0 atom stereocenters. The zero-order valence-electron chi connectivity index (χ0n) is 10.6. The molecule has 1 aliphatic rings. The number of rotatable bonds is 6. The van der Waals surface area contributed by atoms with Crippen LogP contribution in [0.25, 0.3) is 0 Å². The third-order valence-electron chi connectivity index (χ3n) is 3.29. The molecule has 0 aromatic heterocycles. The van der Waals surface area contributed by atoms with Crippen molar-refractivity contribution in [3.05, 3.63) is 28.8 Å². The summed E-state index contributed by atoms with van der Waals surface area (Å²) in [5, 5.41) is 13.0. The molecule has 0 radical (unpaired) electrons. The van der Waals surface area contributed by atoms with Gasteiger partial charge in [0, 0.05) is 24.2 Å². The van der Waals surface area contributed by atoms with Gasteiger partial charge in [-0.15, -0.1) is 0 Å². The van der Waals surface area contributed by atoms with Crippen LogP contribution < -0.4 is 5.32 Å². The molecule has 4 heteroatoms. The van der Waals surface area contributed by atoms with Gasteiger partial charge in [0.05, 0.1) is 11.3 Å². The molecule has 0 amide bonds. The zero-order valence-corrected chi connectivity index (χ0v) is 11.4. The zero-order chi connectivity index (χ0) is 13.0. The summed E-state index contributed by atoms with van der Waals surface area (Å²) in [7, 11) is 0. The van der Waals surface area contributed by atoms with Crippen LogP contribution in [0.3, 0.4) is 0 Å². The molecule has 0 bridgehead atoms. The van der Waals surface area contributed by atoms with E-state index in [0.717, 1.165) is 31.4 Å². The highest BCUT2D eigenvalue weighted by Crippen LogP contribution is 2.26. The highest BCUT2D eigenvalue weighted by atomic mass is 35.5. The summed E-state index contributed by atoms with van der Waals surface area (Å²) >= 11 is 5.87. The summed E-state index contributed by atoms with van der Waals surface area (Å²) in [6.07, 6.45) is 2.66. The molecule has 2 rings (SSSR count). The molecule has 18 heavy (non-hydrogen) atoms. The lowest BCUT2D eigenvalue weighted by Crippen LogP contribution is -2.30. The summed E-state index contributed by atoms with van der Waals surface area (Å²) in [6, 6.07) is 8.33. The molecule has 0 spiro atoms. The van der Waals surface area contributed by atoms with Crippen molar-refractivity contribution in [3.63, 3.8) is 0 Å². The Morgan fingerprint density at radius 1 is 1.50 bits per heavy atom. The highest BCUT2D eigenvalue weighted by Gasteiger charge is 2.27. The summed E-state index contributed by atoms with van der Waals surface area (Å²) in [4.78, 5) is 2.48. The number of hydrogen-bond donors (Lipinski definition) is 1. The van der Waals surface area contributed by atoms with Gasteiger partial charge in [0.15, 0.2) is 0 Å². The van der Waals surface area contributed by atoms with E-state index in [1.165, 1.54) is 12.8 Å². The first-order valence-corrected chi connectivity index (χ1v) is 6.80. The second-order valence-electron chi connectivity index (χ2n) is 4.59. The Morgan fingerprint density at radius 3 is 2.89 bits per heavy atom. The Hall–Kier alpha value is -1.24. The van der Waals surface area contributed by atoms with Crippen molar-refractivity contribution in [2.75, 3.05) is 25.0 Å². The normalized spacial score (nSPS) is 14.6. The minimum Gasteiger partial charge on any atom is -0.383 e. The minimum absolute atomic E-state index is 0.602. The second-order valence-corrected chi connectivity index (χ2v) is 5.02. The molecule has 96 valence electrons. The third-order valence-corrected chi connectivity index (χ3v) is 3.52.